The first-order chi connectivity index (χ1) is 10.3. The molecule has 0 saturated heterocycles. The van der Waals surface area contributed by atoms with Crippen molar-refractivity contribution >= 4 is 55.0 Å². The Hall–Kier alpha value is -2.91. The van der Waals surface area contributed by atoms with E-state index in [1.165, 1.54) is 23.5 Å². The van der Waals surface area contributed by atoms with Gasteiger partial charge in [-0.1, -0.05) is 12.1 Å². The third-order valence-electron chi connectivity index (χ3n) is 3.01. The Bertz CT molecular complexity index is 947. The molecular weight excluding hydrogens is 288 g/mol. The van der Waals surface area contributed by atoms with Crippen LogP contribution in [0.25, 0.3) is 20.2 Å². The van der Waals surface area contributed by atoms with Gasteiger partial charge in [-0.25, -0.2) is 9.59 Å². The Morgan fingerprint density at radius 3 is 1.71 bits per heavy atom. The molecule has 1 aromatic heterocycles. The Balaban J connectivity index is 2.61. The summed E-state index contributed by atoms with van der Waals surface area (Å²) in [7, 11) is 0. The van der Waals surface area contributed by atoms with Gasteiger partial charge in [0.1, 0.15) is 0 Å². The lowest BCUT2D eigenvalue weighted by Gasteiger charge is -2.04. The van der Waals surface area contributed by atoms with Crippen LogP contribution in [0.5, 0.6) is 0 Å². The smallest absolute Gasteiger partial charge is 0.240 e. The second-order valence-electron chi connectivity index (χ2n) is 4.14. The van der Waals surface area contributed by atoms with Crippen LogP contribution in [0.1, 0.15) is 0 Å². The molecule has 1 heterocycles. The molecule has 5 nitrogen and oxygen atoms in total. The van der Waals surface area contributed by atoms with Crippen LogP contribution in [0, 0.1) is 0 Å². The monoisotopic (exact) mass is 294 g/mol. The molecule has 2 aromatic carbocycles. The third-order valence-corrected chi connectivity index (χ3v) is 4.13. The van der Waals surface area contributed by atoms with Crippen molar-refractivity contribution in [1.29, 1.82) is 0 Å². The van der Waals surface area contributed by atoms with Crippen LogP contribution >= 0.6 is 11.3 Å². The van der Waals surface area contributed by atoms with Crippen molar-refractivity contribution in [3.05, 3.63) is 46.6 Å². The average molecular weight is 294 g/mol. The second kappa shape index (κ2) is 5.23. The molecule has 0 aliphatic heterocycles. The molecule has 0 atom stereocenters. The molecule has 0 saturated carbocycles. The van der Waals surface area contributed by atoms with Gasteiger partial charge in [0.05, 0.1) is 22.1 Å². The molecule has 0 fully saturated rings. The zero-order valence-corrected chi connectivity index (χ0v) is 11.3. The Labute approximate surface area is 121 Å². The Morgan fingerprint density at radius 2 is 1.29 bits per heavy atom. The molecule has 21 heavy (non-hydrogen) atoms. The normalized spacial score (nSPS) is 10.1. The van der Waals surface area contributed by atoms with Crippen molar-refractivity contribution < 1.29 is 9.59 Å². The maximum absolute atomic E-state index is 12.7. The van der Waals surface area contributed by atoms with Crippen LogP contribution in [-0.4, -0.2) is 12.2 Å². The van der Waals surface area contributed by atoms with E-state index in [0.29, 0.717) is 20.2 Å². The van der Waals surface area contributed by atoms with E-state index in [9.17, 15) is 14.4 Å². The van der Waals surface area contributed by atoms with Gasteiger partial charge in [0.2, 0.25) is 12.2 Å². The van der Waals surface area contributed by atoms with Crippen LogP contribution in [0.3, 0.4) is 0 Å². The number of hydrogen-bond acceptors (Lipinski definition) is 6. The van der Waals surface area contributed by atoms with Gasteiger partial charge in [-0.05, 0) is 24.3 Å². The van der Waals surface area contributed by atoms with Crippen molar-refractivity contribution in [3.8, 4) is 0 Å². The standard InChI is InChI=1S/C15H6N2O3S/c18-7-16-9-3-1-5-11-13(9)15(20)14-10(17-8-19)4-2-6-12(14)21-11/h1-6H. The average Bonchev–Trinajstić information content (AvgIpc) is 2.48. The maximum Gasteiger partial charge on any atom is 0.240 e. The van der Waals surface area contributed by atoms with Crippen molar-refractivity contribution in [1.82, 2.24) is 0 Å². The maximum atomic E-state index is 12.7. The number of nitrogens with zero attached hydrogens (tertiary/aromatic N) is 2. The summed E-state index contributed by atoms with van der Waals surface area (Å²) in [6.45, 7) is 0. The predicted molar refractivity (Wildman–Crippen MR) is 81.2 cm³/mol. The number of fused-ring (bicyclic) bond motifs is 2. The molecule has 3 aromatic rings. The minimum absolute atomic E-state index is 0.260. The summed E-state index contributed by atoms with van der Waals surface area (Å²) in [6, 6.07) is 10.1. The highest BCUT2D eigenvalue weighted by Gasteiger charge is 2.12. The summed E-state index contributed by atoms with van der Waals surface area (Å²) in [5.41, 5.74) is 0.203. The van der Waals surface area contributed by atoms with Gasteiger partial charge in [-0.15, -0.1) is 11.3 Å². The van der Waals surface area contributed by atoms with Crippen LogP contribution in [0.4, 0.5) is 11.4 Å². The van der Waals surface area contributed by atoms with Gasteiger partial charge in [-0.3, -0.25) is 4.79 Å². The molecule has 100 valence electrons. The predicted octanol–water partition coefficient (Wildman–Crippen LogP) is 3.35. The second-order valence-corrected chi connectivity index (χ2v) is 5.22. The molecule has 0 unspecified atom stereocenters. The molecule has 0 N–H and O–H groups in total. The molecule has 0 aliphatic carbocycles. The minimum atomic E-state index is -0.317. The highest BCUT2D eigenvalue weighted by Crippen LogP contribution is 2.33. The van der Waals surface area contributed by atoms with Gasteiger partial charge in [-0.2, -0.15) is 9.98 Å². The summed E-state index contributed by atoms with van der Waals surface area (Å²) in [6.07, 6.45) is 2.89. The van der Waals surface area contributed by atoms with E-state index in [0.717, 1.165) is 0 Å². The zero-order chi connectivity index (χ0) is 14.8. The first-order valence-electron chi connectivity index (χ1n) is 5.90. The molecular formula is C15H6N2O3S. The first kappa shape index (κ1) is 13.1. The molecule has 0 bridgehead atoms. The number of benzene rings is 2. The van der Waals surface area contributed by atoms with Crippen LogP contribution < -0.4 is 5.43 Å². The van der Waals surface area contributed by atoms with Gasteiger partial charge in [0.25, 0.3) is 0 Å². The summed E-state index contributed by atoms with van der Waals surface area (Å²) in [4.78, 5) is 40.9. The van der Waals surface area contributed by atoms with E-state index in [2.05, 4.69) is 9.98 Å². The van der Waals surface area contributed by atoms with Crippen molar-refractivity contribution in [3.63, 3.8) is 0 Å². The lowest BCUT2D eigenvalue weighted by atomic mass is 10.1. The topological polar surface area (TPSA) is 75.9 Å². The van der Waals surface area contributed by atoms with E-state index in [1.807, 2.05) is 0 Å². The van der Waals surface area contributed by atoms with Crippen LogP contribution in [-0.2, 0) is 9.59 Å². The van der Waals surface area contributed by atoms with Gasteiger partial charge < -0.3 is 0 Å². The lowest BCUT2D eigenvalue weighted by Crippen LogP contribution is -2.01. The number of aliphatic imine (C=N–C) groups is 2. The van der Waals surface area contributed by atoms with Crippen LogP contribution in [0.15, 0.2) is 51.2 Å². The fourth-order valence-corrected chi connectivity index (χ4v) is 3.32. The van der Waals surface area contributed by atoms with E-state index >= 15 is 0 Å². The SMILES string of the molecule is O=C=Nc1cccc2sc3cccc(N=C=O)c3c(=O)c12. The summed E-state index contributed by atoms with van der Waals surface area (Å²) < 4.78 is 1.41. The van der Waals surface area contributed by atoms with E-state index < -0.39 is 0 Å². The number of rotatable bonds is 2. The summed E-state index contributed by atoms with van der Waals surface area (Å²) >= 11 is 1.37. The van der Waals surface area contributed by atoms with Gasteiger partial charge in [0.15, 0.2) is 5.43 Å². The Kier molecular flexibility index (Phi) is 3.26. The van der Waals surface area contributed by atoms with E-state index in [1.54, 1.807) is 36.4 Å². The quantitative estimate of drug-likeness (QED) is 0.413. The number of isocyanates is 2. The largest absolute Gasteiger partial charge is 0.288 e. The molecule has 3 rings (SSSR count). The molecule has 0 radical (unpaired) electrons. The molecule has 0 aliphatic rings. The summed E-state index contributed by atoms with van der Waals surface area (Å²) in [5, 5.41) is 0.652. The molecule has 6 heteroatoms. The lowest BCUT2D eigenvalue weighted by molar-refractivity contribution is 0.564. The van der Waals surface area contributed by atoms with Crippen molar-refractivity contribution in [2.24, 2.45) is 9.98 Å². The fraction of sp³-hybridized carbons (Fsp3) is 0. The van der Waals surface area contributed by atoms with Gasteiger partial charge >= 0.3 is 0 Å². The fourth-order valence-electron chi connectivity index (χ4n) is 2.19. The molecule has 0 spiro atoms. The molecule has 0 amide bonds. The minimum Gasteiger partial charge on any atom is -0.288 e. The highest BCUT2D eigenvalue weighted by atomic mass is 32.1. The van der Waals surface area contributed by atoms with E-state index in [4.69, 9.17) is 0 Å². The van der Waals surface area contributed by atoms with Crippen molar-refractivity contribution in [2.75, 3.05) is 0 Å². The third kappa shape index (κ3) is 2.10. The summed E-state index contributed by atoms with van der Waals surface area (Å²) in [5.74, 6) is 0. The van der Waals surface area contributed by atoms with Crippen LogP contribution in [0.2, 0.25) is 0 Å². The zero-order valence-electron chi connectivity index (χ0n) is 10.5. The highest BCUT2D eigenvalue weighted by molar-refractivity contribution is 7.24. The number of carbonyl (C=O) groups excluding carboxylic acids is 2. The first-order valence-corrected chi connectivity index (χ1v) is 6.72. The van der Waals surface area contributed by atoms with Gasteiger partial charge in [0, 0.05) is 9.40 Å². The Morgan fingerprint density at radius 1 is 0.810 bits per heavy atom. The number of hydrogen-bond donors (Lipinski definition) is 0. The van der Waals surface area contributed by atoms with Crippen molar-refractivity contribution in [2.45, 2.75) is 0 Å². The van der Waals surface area contributed by atoms with E-state index in [-0.39, 0.29) is 16.8 Å².